The number of aliphatic hydroxyl groups is 1. The highest BCUT2D eigenvalue weighted by molar-refractivity contribution is 6.33. The van der Waals surface area contributed by atoms with Crippen LogP contribution in [0.15, 0.2) is 18.2 Å². The topological polar surface area (TPSA) is 49.3 Å². The van der Waals surface area contributed by atoms with Crippen molar-refractivity contribution < 1.29 is 9.90 Å². The Balaban J connectivity index is 3.03. The zero-order chi connectivity index (χ0) is 12.3. The van der Waals surface area contributed by atoms with Crippen molar-refractivity contribution in [3.8, 4) is 0 Å². The number of aliphatic hydroxyl groups excluding tert-OH is 1. The molecule has 0 aliphatic heterocycles. The van der Waals surface area contributed by atoms with Crippen LogP contribution in [0, 0.1) is 0 Å². The second-order valence-corrected chi connectivity index (χ2v) is 4.83. The summed E-state index contributed by atoms with van der Waals surface area (Å²) in [6.07, 6.45) is 0. The third kappa shape index (κ3) is 3.22. The number of carbonyl (C=O) groups is 1. The highest BCUT2D eigenvalue weighted by atomic mass is 35.5. The third-order valence-electron chi connectivity index (χ3n) is 2.24. The van der Waals surface area contributed by atoms with E-state index in [2.05, 4.69) is 5.32 Å². The first-order valence-corrected chi connectivity index (χ1v) is 5.43. The molecule has 0 saturated heterocycles. The molecule has 0 aliphatic rings. The molecule has 88 valence electrons. The largest absolute Gasteiger partial charge is 0.394 e. The highest BCUT2D eigenvalue weighted by Crippen LogP contribution is 2.26. The molecule has 3 nitrogen and oxygen atoms in total. The lowest BCUT2D eigenvalue weighted by atomic mass is 10.1. The summed E-state index contributed by atoms with van der Waals surface area (Å²) in [6, 6.07) is 5.05. The molecule has 0 saturated carbocycles. The van der Waals surface area contributed by atoms with Crippen molar-refractivity contribution in [1.82, 2.24) is 0 Å². The Morgan fingerprint density at radius 2 is 2.12 bits per heavy atom. The van der Waals surface area contributed by atoms with Gasteiger partial charge in [0.1, 0.15) is 0 Å². The molecule has 1 aromatic carbocycles. The first kappa shape index (κ1) is 13.0. The van der Waals surface area contributed by atoms with Crippen molar-refractivity contribution >= 4 is 23.1 Å². The van der Waals surface area contributed by atoms with Crippen LogP contribution in [0.25, 0.3) is 0 Å². The van der Waals surface area contributed by atoms with Crippen LogP contribution in [0.5, 0.6) is 0 Å². The van der Waals surface area contributed by atoms with Gasteiger partial charge < -0.3 is 10.4 Å². The highest BCUT2D eigenvalue weighted by Gasteiger charge is 2.17. The Kier molecular flexibility index (Phi) is 3.94. The van der Waals surface area contributed by atoms with Crippen LogP contribution in [-0.4, -0.2) is 23.0 Å². The lowest BCUT2D eigenvalue weighted by Crippen LogP contribution is -2.35. The van der Waals surface area contributed by atoms with E-state index in [1.54, 1.807) is 18.2 Å². The van der Waals surface area contributed by atoms with Gasteiger partial charge in [0.2, 0.25) is 0 Å². The SMILES string of the molecule is CC(=O)c1ccc(Cl)c(NC(C)(C)CO)c1. The minimum atomic E-state index is -0.473. The maximum atomic E-state index is 11.2. The fourth-order valence-electron chi connectivity index (χ4n) is 1.24. The predicted octanol–water partition coefficient (Wildman–Crippen LogP) is 2.73. The van der Waals surface area contributed by atoms with Crippen LogP contribution in [0.2, 0.25) is 5.02 Å². The van der Waals surface area contributed by atoms with E-state index in [1.807, 2.05) is 13.8 Å². The van der Waals surface area contributed by atoms with Crippen molar-refractivity contribution in [2.45, 2.75) is 26.3 Å². The van der Waals surface area contributed by atoms with Gasteiger partial charge in [-0.2, -0.15) is 0 Å². The number of anilines is 1. The van der Waals surface area contributed by atoms with Gasteiger partial charge in [-0.25, -0.2) is 0 Å². The molecule has 0 fully saturated rings. The van der Waals surface area contributed by atoms with E-state index in [1.165, 1.54) is 6.92 Å². The van der Waals surface area contributed by atoms with Crippen molar-refractivity contribution in [1.29, 1.82) is 0 Å². The second kappa shape index (κ2) is 4.85. The molecule has 4 heteroatoms. The van der Waals surface area contributed by atoms with Crippen molar-refractivity contribution in [3.63, 3.8) is 0 Å². The van der Waals surface area contributed by atoms with Crippen LogP contribution in [0.3, 0.4) is 0 Å². The number of benzene rings is 1. The number of carbonyl (C=O) groups excluding carboxylic acids is 1. The summed E-state index contributed by atoms with van der Waals surface area (Å²) in [5, 5.41) is 12.8. The molecule has 0 atom stereocenters. The molecule has 0 heterocycles. The average molecular weight is 242 g/mol. The van der Waals surface area contributed by atoms with Crippen LogP contribution >= 0.6 is 11.6 Å². The summed E-state index contributed by atoms with van der Waals surface area (Å²) in [5.41, 5.74) is 0.785. The smallest absolute Gasteiger partial charge is 0.159 e. The number of nitrogens with one attached hydrogen (secondary N) is 1. The third-order valence-corrected chi connectivity index (χ3v) is 2.57. The summed E-state index contributed by atoms with van der Waals surface area (Å²) in [7, 11) is 0. The van der Waals surface area contributed by atoms with Crippen molar-refractivity contribution in [3.05, 3.63) is 28.8 Å². The number of Topliss-reactive ketones (excluding diaryl/α,β-unsaturated/α-hetero) is 1. The second-order valence-electron chi connectivity index (χ2n) is 4.42. The monoisotopic (exact) mass is 241 g/mol. The molecule has 16 heavy (non-hydrogen) atoms. The van der Waals surface area contributed by atoms with Gasteiger partial charge in [-0.1, -0.05) is 11.6 Å². The zero-order valence-corrected chi connectivity index (χ0v) is 10.4. The Morgan fingerprint density at radius 1 is 1.50 bits per heavy atom. The molecule has 0 amide bonds. The summed E-state index contributed by atoms with van der Waals surface area (Å²) < 4.78 is 0. The summed E-state index contributed by atoms with van der Waals surface area (Å²) in [4.78, 5) is 11.2. The fourth-order valence-corrected chi connectivity index (χ4v) is 1.41. The Bertz CT molecular complexity index is 402. The maximum absolute atomic E-state index is 11.2. The van der Waals surface area contributed by atoms with Gasteiger partial charge in [0, 0.05) is 5.56 Å². The molecular weight excluding hydrogens is 226 g/mol. The van der Waals surface area contributed by atoms with Gasteiger partial charge >= 0.3 is 0 Å². The van der Waals surface area contributed by atoms with Gasteiger partial charge in [0.25, 0.3) is 0 Å². The van der Waals surface area contributed by atoms with Crippen molar-refractivity contribution in [2.75, 3.05) is 11.9 Å². The molecule has 2 N–H and O–H groups in total. The van der Waals surface area contributed by atoms with Crippen LogP contribution in [0.4, 0.5) is 5.69 Å². The number of hydrogen-bond acceptors (Lipinski definition) is 3. The minimum Gasteiger partial charge on any atom is -0.394 e. The molecule has 0 bridgehead atoms. The summed E-state index contributed by atoms with van der Waals surface area (Å²) >= 11 is 6.01. The van der Waals surface area contributed by atoms with Crippen LogP contribution in [0.1, 0.15) is 31.1 Å². The van der Waals surface area contributed by atoms with Crippen LogP contribution in [-0.2, 0) is 0 Å². The van der Waals surface area contributed by atoms with Gasteiger partial charge in [0.15, 0.2) is 5.78 Å². The lowest BCUT2D eigenvalue weighted by molar-refractivity contribution is 0.101. The Hall–Kier alpha value is -1.06. The van der Waals surface area contributed by atoms with E-state index in [9.17, 15) is 4.79 Å². The normalized spacial score (nSPS) is 11.3. The first-order chi connectivity index (χ1) is 7.35. The molecule has 0 aromatic heterocycles. The maximum Gasteiger partial charge on any atom is 0.159 e. The van der Waals surface area contributed by atoms with E-state index in [-0.39, 0.29) is 12.4 Å². The molecule has 0 aliphatic carbocycles. The average Bonchev–Trinajstić information content (AvgIpc) is 2.21. The number of rotatable bonds is 4. The van der Waals surface area contributed by atoms with E-state index in [4.69, 9.17) is 16.7 Å². The fraction of sp³-hybridized carbons (Fsp3) is 0.417. The van der Waals surface area contributed by atoms with Gasteiger partial charge in [-0.15, -0.1) is 0 Å². The predicted molar refractivity (Wildman–Crippen MR) is 66.2 cm³/mol. The van der Waals surface area contributed by atoms with Gasteiger partial charge in [-0.05, 0) is 39.0 Å². The number of halogens is 1. The van der Waals surface area contributed by atoms with Gasteiger partial charge in [-0.3, -0.25) is 4.79 Å². The number of hydrogen-bond donors (Lipinski definition) is 2. The standard InChI is InChI=1S/C12H16ClNO2/c1-8(16)9-4-5-10(13)11(6-9)14-12(2,3)7-15/h4-6,14-15H,7H2,1-3H3. The van der Waals surface area contributed by atoms with Crippen molar-refractivity contribution in [2.24, 2.45) is 0 Å². The van der Waals surface area contributed by atoms with E-state index in [0.29, 0.717) is 16.3 Å². The van der Waals surface area contributed by atoms with E-state index in [0.717, 1.165) is 0 Å². The lowest BCUT2D eigenvalue weighted by Gasteiger charge is -2.25. The molecular formula is C12H16ClNO2. The molecule has 0 radical (unpaired) electrons. The summed E-state index contributed by atoms with van der Waals surface area (Å²) in [5.74, 6) is -0.0125. The quantitative estimate of drug-likeness (QED) is 0.797. The van der Waals surface area contributed by atoms with E-state index < -0.39 is 5.54 Å². The Labute approximate surface area is 100 Å². The number of ketones is 1. The van der Waals surface area contributed by atoms with Gasteiger partial charge in [0.05, 0.1) is 22.9 Å². The molecule has 1 aromatic rings. The Morgan fingerprint density at radius 3 is 2.62 bits per heavy atom. The molecule has 1 rings (SSSR count). The first-order valence-electron chi connectivity index (χ1n) is 5.05. The molecule has 0 spiro atoms. The zero-order valence-electron chi connectivity index (χ0n) is 9.67. The van der Waals surface area contributed by atoms with E-state index >= 15 is 0 Å². The summed E-state index contributed by atoms with van der Waals surface area (Å²) in [6.45, 7) is 5.19. The molecule has 0 unspecified atom stereocenters. The van der Waals surface area contributed by atoms with Crippen LogP contribution < -0.4 is 5.32 Å². The minimum absolute atomic E-state index is 0.0125.